The van der Waals surface area contributed by atoms with Crippen molar-refractivity contribution in [3.63, 3.8) is 0 Å². The van der Waals surface area contributed by atoms with E-state index in [0.29, 0.717) is 12.0 Å². The minimum atomic E-state index is -0.981. The lowest BCUT2D eigenvalue weighted by Crippen LogP contribution is -2.34. The number of carbonyl (C=O) groups is 1. The van der Waals surface area contributed by atoms with Crippen LogP contribution in [-0.4, -0.2) is 11.9 Å². The molecule has 0 aliphatic rings. The predicted octanol–water partition coefficient (Wildman–Crippen LogP) is 2.32. The molecule has 0 bridgehead atoms. The topological polar surface area (TPSA) is 52.9 Å². The van der Waals surface area contributed by atoms with Crippen LogP contribution in [0.1, 0.15) is 25.3 Å². The molecule has 1 amide bonds. The molecule has 1 aromatic carbocycles. The molecule has 18 heavy (non-hydrogen) atoms. The first-order chi connectivity index (χ1) is 8.56. The average Bonchev–Trinajstić information content (AvgIpc) is 2.33. The Kier molecular flexibility index (Phi) is 5.25. The fourth-order valence-corrected chi connectivity index (χ4v) is 1.54. The Morgan fingerprint density at radius 2 is 2.17 bits per heavy atom. The van der Waals surface area contributed by atoms with Crippen LogP contribution in [0.3, 0.4) is 0 Å². The normalized spacial score (nSPS) is 11.7. The second-order valence-electron chi connectivity index (χ2n) is 3.96. The van der Waals surface area contributed by atoms with Crippen LogP contribution in [0.2, 0.25) is 0 Å². The number of carbonyl (C=O) groups excluding carboxylic acids is 1. The molecule has 1 rings (SSSR count). The van der Waals surface area contributed by atoms with E-state index in [0.717, 1.165) is 18.6 Å². The Hall–Kier alpha value is -1.96. The lowest BCUT2D eigenvalue weighted by atomic mass is 10.1. The molecule has 5 heteroatoms. The second kappa shape index (κ2) is 6.70. The molecule has 0 aliphatic heterocycles. The first-order valence-corrected chi connectivity index (χ1v) is 5.69. The Morgan fingerprint density at radius 3 is 2.72 bits per heavy atom. The maximum atomic E-state index is 12.9. The van der Waals surface area contributed by atoms with Crippen molar-refractivity contribution in [1.29, 1.82) is 5.26 Å². The van der Waals surface area contributed by atoms with Crippen molar-refractivity contribution in [3.8, 4) is 6.07 Å². The Labute approximate surface area is 104 Å². The number of hydrogen-bond acceptors (Lipinski definition) is 2. The minimum absolute atomic E-state index is 0.0703. The molecular weight excluding hydrogens is 238 g/mol. The van der Waals surface area contributed by atoms with Gasteiger partial charge in [-0.05, 0) is 24.1 Å². The van der Waals surface area contributed by atoms with Crippen molar-refractivity contribution in [2.75, 3.05) is 0 Å². The fraction of sp³-hybridized carbons (Fsp3) is 0.385. The van der Waals surface area contributed by atoms with Crippen LogP contribution in [0, 0.1) is 23.0 Å². The van der Waals surface area contributed by atoms with E-state index in [-0.39, 0.29) is 12.3 Å². The number of benzene rings is 1. The maximum absolute atomic E-state index is 12.9. The molecule has 1 unspecified atom stereocenters. The van der Waals surface area contributed by atoms with Crippen molar-refractivity contribution < 1.29 is 13.6 Å². The first kappa shape index (κ1) is 14.1. The summed E-state index contributed by atoms with van der Waals surface area (Å²) in [7, 11) is 0. The van der Waals surface area contributed by atoms with E-state index in [1.165, 1.54) is 6.07 Å². The third-order valence-corrected chi connectivity index (χ3v) is 2.42. The smallest absolute Gasteiger partial charge is 0.225 e. The van der Waals surface area contributed by atoms with Gasteiger partial charge in [0, 0.05) is 0 Å². The Bertz CT molecular complexity index is 469. The van der Waals surface area contributed by atoms with Crippen molar-refractivity contribution in [3.05, 3.63) is 35.4 Å². The third-order valence-electron chi connectivity index (χ3n) is 2.42. The average molecular weight is 252 g/mol. The van der Waals surface area contributed by atoms with Gasteiger partial charge in [-0.2, -0.15) is 5.26 Å². The van der Waals surface area contributed by atoms with Gasteiger partial charge < -0.3 is 5.32 Å². The first-order valence-electron chi connectivity index (χ1n) is 5.69. The summed E-state index contributed by atoms with van der Waals surface area (Å²) in [5.41, 5.74) is 0.375. The van der Waals surface area contributed by atoms with Gasteiger partial charge in [0.2, 0.25) is 5.91 Å². The highest BCUT2D eigenvalue weighted by atomic mass is 19.2. The zero-order valence-corrected chi connectivity index (χ0v) is 10.0. The summed E-state index contributed by atoms with van der Waals surface area (Å²) >= 11 is 0. The molecular formula is C13H14F2N2O. The molecule has 96 valence electrons. The number of nitriles is 1. The van der Waals surface area contributed by atoms with Gasteiger partial charge in [0.25, 0.3) is 0 Å². The molecule has 0 radical (unpaired) electrons. The lowest BCUT2D eigenvalue weighted by molar-refractivity contribution is -0.120. The molecule has 0 fully saturated rings. The van der Waals surface area contributed by atoms with Gasteiger partial charge >= 0.3 is 0 Å². The van der Waals surface area contributed by atoms with Gasteiger partial charge in [-0.1, -0.05) is 19.4 Å². The van der Waals surface area contributed by atoms with Gasteiger partial charge in [-0.15, -0.1) is 0 Å². The summed E-state index contributed by atoms with van der Waals surface area (Å²) in [6.45, 7) is 1.91. The molecule has 0 heterocycles. The summed E-state index contributed by atoms with van der Waals surface area (Å²) < 4.78 is 25.6. The van der Waals surface area contributed by atoms with E-state index in [1.807, 2.05) is 13.0 Å². The number of halogens is 2. The van der Waals surface area contributed by atoms with Gasteiger partial charge in [-0.25, -0.2) is 8.78 Å². The molecule has 3 nitrogen and oxygen atoms in total. The maximum Gasteiger partial charge on any atom is 0.225 e. The second-order valence-corrected chi connectivity index (χ2v) is 3.96. The summed E-state index contributed by atoms with van der Waals surface area (Å²) in [6.07, 6.45) is 1.28. The highest BCUT2D eigenvalue weighted by molar-refractivity contribution is 5.79. The van der Waals surface area contributed by atoms with Crippen molar-refractivity contribution in [1.82, 2.24) is 5.32 Å². The number of nitrogens with one attached hydrogen (secondary N) is 1. The van der Waals surface area contributed by atoms with Gasteiger partial charge in [0.15, 0.2) is 11.6 Å². The number of nitrogens with zero attached hydrogens (tertiary/aromatic N) is 1. The van der Waals surface area contributed by atoms with E-state index in [2.05, 4.69) is 5.32 Å². The van der Waals surface area contributed by atoms with Crippen molar-refractivity contribution >= 4 is 5.91 Å². The monoisotopic (exact) mass is 252 g/mol. The van der Waals surface area contributed by atoms with Gasteiger partial charge in [0.05, 0.1) is 12.5 Å². The quantitative estimate of drug-likeness (QED) is 0.874. The summed E-state index contributed by atoms with van der Waals surface area (Å²) in [5.74, 6) is -2.30. The molecule has 0 saturated carbocycles. The lowest BCUT2D eigenvalue weighted by Gasteiger charge is -2.10. The van der Waals surface area contributed by atoms with Crippen molar-refractivity contribution in [2.24, 2.45) is 0 Å². The van der Waals surface area contributed by atoms with Crippen LogP contribution < -0.4 is 5.32 Å². The predicted molar refractivity (Wildman–Crippen MR) is 62.5 cm³/mol. The van der Waals surface area contributed by atoms with Crippen LogP contribution >= 0.6 is 0 Å². The number of rotatable bonds is 5. The summed E-state index contributed by atoms with van der Waals surface area (Å²) in [6, 6.07) is 4.75. The highest BCUT2D eigenvalue weighted by Crippen LogP contribution is 2.09. The van der Waals surface area contributed by atoms with Crippen molar-refractivity contribution in [2.45, 2.75) is 32.2 Å². The number of hydrogen-bond donors (Lipinski definition) is 1. The zero-order valence-electron chi connectivity index (χ0n) is 10.0. The standard InChI is InChI=1S/C13H14F2N2O/c1-2-3-10(8-16)17-13(18)7-9-4-5-11(14)12(15)6-9/h4-6,10H,2-3,7H2,1H3,(H,17,18). The van der Waals surface area contributed by atoms with Gasteiger partial charge in [0.1, 0.15) is 6.04 Å². The van der Waals surface area contributed by atoms with Crippen LogP contribution in [0.25, 0.3) is 0 Å². The van der Waals surface area contributed by atoms with E-state index < -0.39 is 17.7 Å². The Morgan fingerprint density at radius 1 is 1.44 bits per heavy atom. The van der Waals surface area contributed by atoms with Crippen LogP contribution in [0.15, 0.2) is 18.2 Å². The van der Waals surface area contributed by atoms with E-state index >= 15 is 0 Å². The van der Waals surface area contributed by atoms with Crippen LogP contribution in [0.4, 0.5) is 8.78 Å². The van der Waals surface area contributed by atoms with E-state index in [4.69, 9.17) is 5.26 Å². The highest BCUT2D eigenvalue weighted by Gasteiger charge is 2.11. The molecule has 1 aromatic rings. The molecule has 1 N–H and O–H groups in total. The van der Waals surface area contributed by atoms with Crippen LogP contribution in [-0.2, 0) is 11.2 Å². The zero-order chi connectivity index (χ0) is 13.5. The summed E-state index contributed by atoms with van der Waals surface area (Å²) in [4.78, 5) is 11.6. The minimum Gasteiger partial charge on any atom is -0.340 e. The largest absolute Gasteiger partial charge is 0.340 e. The van der Waals surface area contributed by atoms with E-state index in [1.54, 1.807) is 0 Å². The SMILES string of the molecule is CCCC(C#N)NC(=O)Cc1ccc(F)c(F)c1. The molecule has 0 aromatic heterocycles. The number of amides is 1. The Balaban J connectivity index is 2.59. The molecule has 0 saturated heterocycles. The van der Waals surface area contributed by atoms with Gasteiger partial charge in [-0.3, -0.25) is 4.79 Å². The van der Waals surface area contributed by atoms with E-state index in [9.17, 15) is 13.6 Å². The fourth-order valence-electron chi connectivity index (χ4n) is 1.54. The molecule has 1 atom stereocenters. The molecule has 0 spiro atoms. The molecule has 0 aliphatic carbocycles. The third kappa shape index (κ3) is 4.13. The summed E-state index contributed by atoms with van der Waals surface area (Å²) in [5, 5.41) is 11.3. The van der Waals surface area contributed by atoms with Crippen LogP contribution in [0.5, 0.6) is 0 Å².